The third-order valence-electron chi connectivity index (χ3n) is 3.43. The number of sulfonamides is 1. The van der Waals surface area contributed by atoms with E-state index < -0.39 is 10.0 Å². The Bertz CT molecular complexity index is 1030. The molecular weight excluding hydrogens is 359 g/mol. The highest BCUT2D eigenvalue weighted by Gasteiger charge is 2.16. The van der Waals surface area contributed by atoms with Gasteiger partial charge in [-0.15, -0.1) is 5.10 Å². The Morgan fingerprint density at radius 1 is 1.15 bits per heavy atom. The van der Waals surface area contributed by atoms with Crippen LogP contribution < -0.4 is 9.88 Å². The second-order valence-electron chi connectivity index (χ2n) is 5.28. The molecule has 0 unspecified atom stereocenters. The molecule has 0 saturated carbocycles. The smallest absolute Gasteiger partial charge is 0.336 e. The van der Waals surface area contributed by atoms with Gasteiger partial charge < -0.3 is 4.74 Å². The highest BCUT2D eigenvalue weighted by atomic mass is 32.2. The number of nitrogens with zero attached hydrogens (tertiary/aromatic N) is 3. The first-order chi connectivity index (χ1) is 12.4. The van der Waals surface area contributed by atoms with E-state index in [-0.39, 0.29) is 23.3 Å². The van der Waals surface area contributed by atoms with Crippen LogP contribution in [0.1, 0.15) is 0 Å². The number of primary sulfonamides is 1. The molecule has 7 nitrogen and oxygen atoms in total. The Morgan fingerprint density at radius 2 is 1.81 bits per heavy atom. The highest BCUT2D eigenvalue weighted by molar-refractivity contribution is 7.89. The lowest BCUT2D eigenvalue weighted by Crippen LogP contribution is -2.12. The monoisotopic (exact) mass is 374 g/mol. The van der Waals surface area contributed by atoms with Crippen LogP contribution in [0.4, 0.5) is 4.39 Å². The molecule has 2 aromatic carbocycles. The first-order valence-electron chi connectivity index (χ1n) is 7.48. The number of rotatable bonds is 6. The second-order valence-corrected chi connectivity index (χ2v) is 6.84. The van der Waals surface area contributed by atoms with Gasteiger partial charge in [-0.3, -0.25) is 0 Å². The van der Waals surface area contributed by atoms with Crippen molar-refractivity contribution in [2.24, 2.45) is 5.14 Å². The molecule has 1 aromatic heterocycles. The van der Waals surface area contributed by atoms with Gasteiger partial charge >= 0.3 is 6.01 Å². The molecule has 0 atom stereocenters. The van der Waals surface area contributed by atoms with E-state index in [1.807, 2.05) is 0 Å². The normalized spacial score (nSPS) is 11.3. The van der Waals surface area contributed by atoms with E-state index in [9.17, 15) is 12.8 Å². The minimum atomic E-state index is -3.80. The summed E-state index contributed by atoms with van der Waals surface area (Å²) in [4.78, 5) is 4.29. The number of nitrogens with two attached hydrogens (primary N) is 1. The average molecular weight is 374 g/mol. The van der Waals surface area contributed by atoms with E-state index in [0.717, 1.165) is 0 Å². The van der Waals surface area contributed by atoms with Crippen LogP contribution in [0, 0.1) is 5.82 Å². The van der Waals surface area contributed by atoms with E-state index >= 15 is 0 Å². The molecule has 3 aromatic rings. The lowest BCUT2D eigenvalue weighted by molar-refractivity contribution is 0.333. The first-order valence-corrected chi connectivity index (χ1v) is 9.03. The fourth-order valence-electron chi connectivity index (χ4n) is 2.23. The zero-order valence-electron chi connectivity index (χ0n) is 13.5. The van der Waals surface area contributed by atoms with Crippen molar-refractivity contribution < 1.29 is 17.5 Å². The van der Waals surface area contributed by atoms with Crippen LogP contribution in [-0.4, -0.2) is 29.8 Å². The van der Waals surface area contributed by atoms with Gasteiger partial charge in [-0.05, 0) is 48.5 Å². The van der Waals surface area contributed by atoms with Crippen molar-refractivity contribution in [1.82, 2.24) is 14.8 Å². The quantitative estimate of drug-likeness (QED) is 0.667. The molecule has 0 saturated heterocycles. The number of hydrogen-bond acceptors (Lipinski definition) is 5. The van der Waals surface area contributed by atoms with Crippen LogP contribution >= 0.6 is 0 Å². The fourth-order valence-corrected chi connectivity index (χ4v) is 2.75. The molecule has 134 valence electrons. The summed E-state index contributed by atoms with van der Waals surface area (Å²) < 4.78 is 42.9. The lowest BCUT2D eigenvalue weighted by Gasteiger charge is -2.06. The third-order valence-corrected chi connectivity index (χ3v) is 4.36. The van der Waals surface area contributed by atoms with Crippen molar-refractivity contribution in [2.45, 2.75) is 4.90 Å². The van der Waals surface area contributed by atoms with Crippen molar-refractivity contribution in [1.29, 1.82) is 0 Å². The van der Waals surface area contributed by atoms with Gasteiger partial charge in [-0.2, -0.15) is 4.98 Å². The van der Waals surface area contributed by atoms with Crippen molar-refractivity contribution in [3.63, 3.8) is 0 Å². The molecule has 0 aliphatic carbocycles. The molecule has 26 heavy (non-hydrogen) atoms. The second kappa shape index (κ2) is 7.06. The summed E-state index contributed by atoms with van der Waals surface area (Å²) in [7, 11) is -3.80. The Balaban J connectivity index is 2.08. The van der Waals surface area contributed by atoms with Crippen molar-refractivity contribution in [3.05, 3.63) is 67.0 Å². The van der Waals surface area contributed by atoms with Crippen molar-refractivity contribution in [3.8, 4) is 23.1 Å². The summed E-state index contributed by atoms with van der Waals surface area (Å²) in [6, 6.07) is 11.7. The predicted octanol–water partition coefficient (Wildman–Crippen LogP) is 2.29. The molecular formula is C17H15FN4O3S. The van der Waals surface area contributed by atoms with Crippen molar-refractivity contribution in [2.75, 3.05) is 6.61 Å². The van der Waals surface area contributed by atoms with Crippen LogP contribution in [0.5, 0.6) is 6.01 Å². The molecule has 0 amide bonds. The summed E-state index contributed by atoms with van der Waals surface area (Å²) in [6.45, 7) is 3.79. The van der Waals surface area contributed by atoms with Crippen LogP contribution in [0.2, 0.25) is 0 Å². The van der Waals surface area contributed by atoms with Crippen molar-refractivity contribution >= 4 is 10.0 Å². The number of aromatic nitrogens is 3. The van der Waals surface area contributed by atoms with E-state index in [1.165, 1.54) is 28.9 Å². The molecule has 0 bridgehead atoms. The Labute approximate surface area is 149 Å². The molecule has 0 fully saturated rings. The Morgan fingerprint density at radius 3 is 2.38 bits per heavy atom. The molecule has 0 radical (unpaired) electrons. The van der Waals surface area contributed by atoms with Gasteiger partial charge in [0.25, 0.3) is 0 Å². The molecule has 0 aliphatic rings. The SMILES string of the molecule is C=CCOc1nc(-c2ccc(F)cc2)n(-c2ccc(S(N)(=O)=O)cc2)n1. The number of halogens is 1. The fraction of sp³-hybridized carbons (Fsp3) is 0.0588. The van der Waals surface area contributed by atoms with Gasteiger partial charge in [-0.25, -0.2) is 22.6 Å². The van der Waals surface area contributed by atoms with E-state index in [4.69, 9.17) is 9.88 Å². The molecule has 0 spiro atoms. The Hall–Kier alpha value is -3.04. The molecule has 1 heterocycles. The van der Waals surface area contributed by atoms with Gasteiger partial charge in [0.1, 0.15) is 12.4 Å². The molecule has 2 N–H and O–H groups in total. The molecule has 9 heteroatoms. The van der Waals surface area contributed by atoms with Crippen LogP contribution in [0.3, 0.4) is 0 Å². The van der Waals surface area contributed by atoms with Gasteiger partial charge in [0.15, 0.2) is 5.82 Å². The minimum absolute atomic E-state index is 0.0205. The maximum Gasteiger partial charge on any atom is 0.336 e. The van der Waals surface area contributed by atoms with Gasteiger partial charge in [0.2, 0.25) is 10.0 Å². The maximum absolute atomic E-state index is 13.2. The number of hydrogen-bond donors (Lipinski definition) is 1. The number of benzene rings is 2. The van der Waals surface area contributed by atoms with E-state index in [1.54, 1.807) is 30.3 Å². The summed E-state index contributed by atoms with van der Waals surface area (Å²) in [5, 5.41) is 9.38. The topological polar surface area (TPSA) is 100 Å². The lowest BCUT2D eigenvalue weighted by atomic mass is 10.2. The summed E-state index contributed by atoms with van der Waals surface area (Å²) in [5.74, 6) is 0.0351. The number of ether oxygens (including phenoxy) is 1. The third kappa shape index (κ3) is 3.79. The van der Waals surface area contributed by atoms with Crippen LogP contribution in [-0.2, 0) is 10.0 Å². The highest BCUT2D eigenvalue weighted by Crippen LogP contribution is 2.24. The average Bonchev–Trinajstić information content (AvgIpc) is 3.04. The molecule has 3 rings (SSSR count). The summed E-state index contributed by atoms with van der Waals surface area (Å²) in [5.41, 5.74) is 1.15. The minimum Gasteiger partial charge on any atom is -0.458 e. The van der Waals surface area contributed by atoms with E-state index in [0.29, 0.717) is 17.1 Å². The van der Waals surface area contributed by atoms with Gasteiger partial charge in [-0.1, -0.05) is 12.7 Å². The molecule has 0 aliphatic heterocycles. The zero-order chi connectivity index (χ0) is 18.7. The van der Waals surface area contributed by atoms with E-state index in [2.05, 4.69) is 16.7 Å². The van der Waals surface area contributed by atoms with Gasteiger partial charge in [0.05, 0.1) is 10.6 Å². The Kier molecular flexibility index (Phi) is 4.83. The summed E-state index contributed by atoms with van der Waals surface area (Å²) >= 11 is 0. The summed E-state index contributed by atoms with van der Waals surface area (Å²) in [6.07, 6.45) is 1.55. The largest absolute Gasteiger partial charge is 0.458 e. The van der Waals surface area contributed by atoms with Crippen LogP contribution in [0.15, 0.2) is 66.1 Å². The predicted molar refractivity (Wildman–Crippen MR) is 93.8 cm³/mol. The standard InChI is InChI=1S/C17H15FN4O3S/c1-2-11-25-17-20-16(12-3-5-13(18)6-4-12)22(21-17)14-7-9-15(10-8-14)26(19,23)24/h2-10H,1,11H2,(H2,19,23,24). The van der Waals surface area contributed by atoms with Crippen LogP contribution in [0.25, 0.3) is 17.1 Å². The maximum atomic E-state index is 13.2. The first kappa shape index (κ1) is 17.8. The zero-order valence-corrected chi connectivity index (χ0v) is 14.4. The van der Waals surface area contributed by atoms with Gasteiger partial charge in [0, 0.05) is 5.56 Å².